The van der Waals surface area contributed by atoms with E-state index in [1.54, 1.807) is 6.08 Å². The van der Waals surface area contributed by atoms with Crippen LogP contribution in [0, 0.1) is 0 Å². The van der Waals surface area contributed by atoms with E-state index in [0.717, 1.165) is 5.57 Å². The molecule has 0 aromatic heterocycles. The minimum absolute atomic E-state index is 1.06. The van der Waals surface area contributed by atoms with Crippen LogP contribution in [0.1, 0.15) is 26.7 Å². The van der Waals surface area contributed by atoms with Crippen molar-refractivity contribution in [1.29, 1.82) is 0 Å². The molecule has 0 amide bonds. The van der Waals surface area contributed by atoms with Gasteiger partial charge in [-0.15, -0.1) is 0 Å². The van der Waals surface area contributed by atoms with Gasteiger partial charge in [0.25, 0.3) is 0 Å². The molecule has 0 aliphatic heterocycles. The van der Waals surface area contributed by atoms with Gasteiger partial charge in [0.1, 0.15) is 0 Å². The average Bonchev–Trinajstić information content (AvgIpc) is 2.17. The molecule has 1 rings (SSSR count). The second-order valence-electron chi connectivity index (χ2n) is 3.42. The van der Waals surface area contributed by atoms with E-state index in [0.29, 0.717) is 0 Å². The lowest BCUT2D eigenvalue weighted by molar-refractivity contribution is 0.962. The summed E-state index contributed by atoms with van der Waals surface area (Å²) >= 11 is 0. The highest BCUT2D eigenvalue weighted by molar-refractivity contribution is 5.15. The molecule has 0 nitrogen and oxygen atoms in total. The maximum atomic E-state index is 3.66. The molecule has 0 bridgehead atoms. The summed E-state index contributed by atoms with van der Waals surface area (Å²) in [6.45, 7) is 11.3. The summed E-state index contributed by atoms with van der Waals surface area (Å²) in [5.74, 6) is 0. The molecular formula is C14H20. The van der Waals surface area contributed by atoms with Gasteiger partial charge in [-0.3, -0.25) is 0 Å². The van der Waals surface area contributed by atoms with E-state index < -0.39 is 0 Å². The SMILES string of the molecule is C=C/C=C\C(=C)C.CC1=CC=CCC1. The van der Waals surface area contributed by atoms with Crippen molar-refractivity contribution >= 4 is 0 Å². The highest BCUT2D eigenvalue weighted by Crippen LogP contribution is 2.08. The summed E-state index contributed by atoms with van der Waals surface area (Å²) in [5.41, 5.74) is 2.56. The van der Waals surface area contributed by atoms with Crippen LogP contribution in [0.15, 0.2) is 60.8 Å². The van der Waals surface area contributed by atoms with E-state index in [1.807, 2.05) is 19.1 Å². The van der Waals surface area contributed by atoms with Crippen molar-refractivity contribution < 1.29 is 0 Å². The Bertz CT molecular complexity index is 262. The lowest BCUT2D eigenvalue weighted by Gasteiger charge is -1.98. The lowest BCUT2D eigenvalue weighted by Crippen LogP contribution is -1.78. The summed E-state index contributed by atoms with van der Waals surface area (Å²) in [4.78, 5) is 0. The van der Waals surface area contributed by atoms with Crippen LogP contribution in [0.2, 0.25) is 0 Å². The summed E-state index contributed by atoms with van der Waals surface area (Å²) < 4.78 is 0. The molecular weight excluding hydrogens is 168 g/mol. The maximum absolute atomic E-state index is 3.66. The first kappa shape index (κ1) is 12.7. The fourth-order valence-corrected chi connectivity index (χ4v) is 0.955. The molecule has 0 heterocycles. The number of hydrogen-bond donors (Lipinski definition) is 0. The van der Waals surface area contributed by atoms with Gasteiger partial charge in [-0.1, -0.05) is 60.8 Å². The van der Waals surface area contributed by atoms with Crippen LogP contribution in [-0.4, -0.2) is 0 Å². The second kappa shape index (κ2) is 8.31. The van der Waals surface area contributed by atoms with Gasteiger partial charge in [-0.05, 0) is 26.7 Å². The van der Waals surface area contributed by atoms with E-state index in [1.165, 1.54) is 18.4 Å². The number of allylic oxidation sites excluding steroid dienone is 8. The molecule has 0 N–H and O–H groups in total. The number of rotatable bonds is 2. The minimum Gasteiger partial charge on any atom is -0.0991 e. The summed E-state index contributed by atoms with van der Waals surface area (Å²) in [6, 6.07) is 0. The van der Waals surface area contributed by atoms with Crippen molar-refractivity contribution in [1.82, 2.24) is 0 Å². The first-order valence-corrected chi connectivity index (χ1v) is 4.93. The molecule has 0 fully saturated rings. The Kier molecular flexibility index (Phi) is 7.53. The lowest BCUT2D eigenvalue weighted by atomic mass is 10.1. The fourth-order valence-electron chi connectivity index (χ4n) is 0.955. The van der Waals surface area contributed by atoms with Crippen LogP contribution in [0.25, 0.3) is 0 Å². The summed E-state index contributed by atoms with van der Waals surface area (Å²) in [6.07, 6.45) is 14.5. The zero-order valence-electron chi connectivity index (χ0n) is 9.29. The van der Waals surface area contributed by atoms with Crippen LogP contribution in [0.5, 0.6) is 0 Å². The molecule has 14 heavy (non-hydrogen) atoms. The van der Waals surface area contributed by atoms with Crippen molar-refractivity contribution in [2.24, 2.45) is 0 Å². The van der Waals surface area contributed by atoms with Gasteiger partial charge in [0.05, 0.1) is 0 Å². The van der Waals surface area contributed by atoms with Crippen LogP contribution in [0.3, 0.4) is 0 Å². The Morgan fingerprint density at radius 3 is 2.43 bits per heavy atom. The van der Waals surface area contributed by atoms with Gasteiger partial charge in [0, 0.05) is 0 Å². The minimum atomic E-state index is 1.06. The number of hydrogen-bond acceptors (Lipinski definition) is 0. The molecule has 0 heteroatoms. The summed E-state index contributed by atoms with van der Waals surface area (Å²) in [7, 11) is 0. The average molecular weight is 188 g/mol. The Morgan fingerprint density at radius 2 is 2.21 bits per heavy atom. The third kappa shape index (κ3) is 8.79. The first-order chi connectivity index (χ1) is 6.66. The molecule has 0 spiro atoms. The molecule has 0 aromatic carbocycles. The molecule has 0 aromatic rings. The van der Waals surface area contributed by atoms with Gasteiger partial charge in [0.2, 0.25) is 0 Å². The Balaban J connectivity index is 0.000000241. The van der Waals surface area contributed by atoms with E-state index in [4.69, 9.17) is 0 Å². The van der Waals surface area contributed by atoms with E-state index in [9.17, 15) is 0 Å². The van der Waals surface area contributed by atoms with Crippen molar-refractivity contribution in [2.45, 2.75) is 26.7 Å². The van der Waals surface area contributed by atoms with E-state index in [2.05, 4.69) is 38.3 Å². The molecule has 0 unspecified atom stereocenters. The second-order valence-corrected chi connectivity index (χ2v) is 3.42. The third-order valence-corrected chi connectivity index (χ3v) is 1.74. The van der Waals surface area contributed by atoms with Crippen LogP contribution in [-0.2, 0) is 0 Å². The summed E-state index contributed by atoms with van der Waals surface area (Å²) in [5, 5.41) is 0. The zero-order chi connectivity index (χ0) is 10.8. The molecule has 0 atom stereocenters. The fraction of sp³-hybridized carbons (Fsp3) is 0.286. The molecule has 1 aliphatic rings. The van der Waals surface area contributed by atoms with Gasteiger partial charge < -0.3 is 0 Å². The Labute approximate surface area is 88.0 Å². The zero-order valence-corrected chi connectivity index (χ0v) is 9.29. The third-order valence-electron chi connectivity index (χ3n) is 1.74. The van der Waals surface area contributed by atoms with Gasteiger partial charge >= 0.3 is 0 Å². The van der Waals surface area contributed by atoms with Crippen molar-refractivity contribution in [2.75, 3.05) is 0 Å². The van der Waals surface area contributed by atoms with Crippen LogP contribution >= 0.6 is 0 Å². The van der Waals surface area contributed by atoms with Crippen molar-refractivity contribution in [3.8, 4) is 0 Å². The van der Waals surface area contributed by atoms with E-state index in [-0.39, 0.29) is 0 Å². The normalized spacial score (nSPS) is 14.3. The highest BCUT2D eigenvalue weighted by Gasteiger charge is 1.88. The predicted octanol–water partition coefficient (Wildman–Crippen LogP) is 4.59. The monoisotopic (exact) mass is 188 g/mol. The predicted molar refractivity (Wildman–Crippen MR) is 66.3 cm³/mol. The van der Waals surface area contributed by atoms with Gasteiger partial charge in [0.15, 0.2) is 0 Å². The first-order valence-electron chi connectivity index (χ1n) is 4.93. The molecule has 1 aliphatic carbocycles. The van der Waals surface area contributed by atoms with E-state index >= 15 is 0 Å². The molecule has 0 saturated carbocycles. The van der Waals surface area contributed by atoms with Gasteiger partial charge in [-0.25, -0.2) is 0 Å². The van der Waals surface area contributed by atoms with Gasteiger partial charge in [-0.2, -0.15) is 0 Å². The molecule has 76 valence electrons. The van der Waals surface area contributed by atoms with Crippen LogP contribution < -0.4 is 0 Å². The maximum Gasteiger partial charge on any atom is -0.0285 e. The van der Waals surface area contributed by atoms with Crippen molar-refractivity contribution in [3.63, 3.8) is 0 Å². The molecule has 0 radical (unpaired) electrons. The standard InChI is InChI=1S/2C7H10/c1-7-5-3-2-4-6-7;1-4-5-6-7(2)3/h2-3,5H,4,6H2,1H3;4-6H,1-2H2,3H3/b;6-5-. The highest BCUT2D eigenvalue weighted by atomic mass is 13.9. The Hall–Kier alpha value is -1.30. The quantitative estimate of drug-likeness (QED) is 0.556. The smallest absolute Gasteiger partial charge is 0.0285 e. The van der Waals surface area contributed by atoms with Crippen LogP contribution in [0.4, 0.5) is 0 Å². The Morgan fingerprint density at radius 1 is 1.50 bits per heavy atom. The molecule has 0 saturated heterocycles. The largest absolute Gasteiger partial charge is 0.0991 e. The topological polar surface area (TPSA) is 0 Å². The van der Waals surface area contributed by atoms with Crippen molar-refractivity contribution in [3.05, 3.63) is 60.8 Å².